The van der Waals surface area contributed by atoms with E-state index in [2.05, 4.69) is 4.72 Å². The van der Waals surface area contributed by atoms with Crippen molar-refractivity contribution < 1.29 is 17.6 Å². The van der Waals surface area contributed by atoms with Crippen LogP contribution in [0.2, 0.25) is 0 Å². The molecule has 0 radical (unpaired) electrons. The molecule has 1 amide bonds. The number of likely N-dealkylation sites (tertiary alicyclic amines) is 1. The number of carbonyl (C=O) groups is 1. The number of nitrogens with zero attached hydrogens (tertiary/aromatic N) is 1. The second kappa shape index (κ2) is 8.24. The van der Waals surface area contributed by atoms with Gasteiger partial charge in [-0.25, -0.2) is 17.5 Å². The maximum Gasteiger partial charge on any atom is 0.228 e. The van der Waals surface area contributed by atoms with E-state index in [9.17, 15) is 17.6 Å². The van der Waals surface area contributed by atoms with Crippen LogP contribution in [0.3, 0.4) is 0 Å². The summed E-state index contributed by atoms with van der Waals surface area (Å²) in [6.45, 7) is 4.56. The number of sulfonamides is 1. The Kier molecular flexibility index (Phi) is 6.10. The average molecular weight is 419 g/mol. The highest BCUT2D eigenvalue weighted by atomic mass is 32.2. The van der Waals surface area contributed by atoms with Crippen LogP contribution >= 0.6 is 0 Å². The number of benzene rings is 2. The molecule has 3 rings (SSSR count). The van der Waals surface area contributed by atoms with Crippen LogP contribution in [0.15, 0.2) is 48.5 Å². The van der Waals surface area contributed by atoms with Crippen molar-refractivity contribution in [2.75, 3.05) is 19.3 Å². The smallest absolute Gasteiger partial charge is 0.228 e. The Bertz CT molecular complexity index is 990. The molecular weight excluding hydrogens is 391 g/mol. The standard InChI is InChI=1S/C22H27FN2O3S/c1-22(2,21(26)25-10-9-20(15-25)24-29(3,27)28)14-16-11-18(13-19(23)12-16)17-7-5-4-6-8-17/h4-8,11-13,20,24H,9-10,14-15H2,1-3H3. The van der Waals surface area contributed by atoms with Gasteiger partial charge < -0.3 is 4.90 Å². The fourth-order valence-corrected chi connectivity index (χ4v) is 4.71. The number of carbonyl (C=O) groups excluding carboxylic acids is 1. The Hall–Kier alpha value is -2.25. The maximum absolute atomic E-state index is 14.2. The van der Waals surface area contributed by atoms with Crippen LogP contribution in [0.4, 0.5) is 4.39 Å². The minimum Gasteiger partial charge on any atom is -0.341 e. The van der Waals surface area contributed by atoms with Crippen molar-refractivity contribution in [1.82, 2.24) is 9.62 Å². The SMILES string of the molecule is CC(C)(Cc1cc(F)cc(-c2ccccc2)c1)C(=O)N1CCC(NS(C)(=O)=O)C1. The largest absolute Gasteiger partial charge is 0.341 e. The van der Waals surface area contributed by atoms with E-state index in [4.69, 9.17) is 0 Å². The van der Waals surface area contributed by atoms with Crippen LogP contribution in [-0.4, -0.2) is 44.6 Å². The quantitative estimate of drug-likeness (QED) is 0.783. The van der Waals surface area contributed by atoms with Crippen LogP contribution in [0.1, 0.15) is 25.8 Å². The molecule has 1 heterocycles. The fourth-order valence-electron chi connectivity index (χ4n) is 3.91. The van der Waals surface area contributed by atoms with Crippen LogP contribution in [0.5, 0.6) is 0 Å². The highest BCUT2D eigenvalue weighted by Crippen LogP contribution is 2.30. The molecule has 1 N–H and O–H groups in total. The van der Waals surface area contributed by atoms with Crippen LogP contribution in [0.25, 0.3) is 11.1 Å². The van der Waals surface area contributed by atoms with Crippen molar-refractivity contribution in [2.24, 2.45) is 5.41 Å². The molecular formula is C22H27FN2O3S. The monoisotopic (exact) mass is 418 g/mol. The summed E-state index contributed by atoms with van der Waals surface area (Å²) in [5.74, 6) is -0.385. The Balaban J connectivity index is 1.74. The van der Waals surface area contributed by atoms with Crippen molar-refractivity contribution in [1.29, 1.82) is 0 Å². The van der Waals surface area contributed by atoms with Crippen LogP contribution in [-0.2, 0) is 21.2 Å². The summed E-state index contributed by atoms with van der Waals surface area (Å²) in [6.07, 6.45) is 2.10. The van der Waals surface area contributed by atoms with E-state index in [1.807, 2.05) is 50.2 Å². The predicted octanol–water partition coefficient (Wildman–Crippen LogP) is 3.21. The number of hydrogen-bond donors (Lipinski definition) is 1. The van der Waals surface area contributed by atoms with Gasteiger partial charge in [-0.2, -0.15) is 0 Å². The number of nitrogens with one attached hydrogen (secondary N) is 1. The molecule has 0 aromatic heterocycles. The number of rotatable bonds is 6. The van der Waals surface area contributed by atoms with Gasteiger partial charge in [0.25, 0.3) is 0 Å². The molecule has 1 aliphatic rings. The first kappa shape index (κ1) is 21.5. The Labute approximate surface area is 172 Å². The predicted molar refractivity (Wildman–Crippen MR) is 112 cm³/mol. The number of halogens is 1. The molecule has 2 aromatic rings. The third-order valence-electron chi connectivity index (χ3n) is 5.15. The molecule has 0 aliphatic carbocycles. The molecule has 29 heavy (non-hydrogen) atoms. The normalized spacial score (nSPS) is 17.5. The van der Waals surface area contributed by atoms with Crippen molar-refractivity contribution in [2.45, 2.75) is 32.7 Å². The van der Waals surface area contributed by atoms with E-state index in [1.165, 1.54) is 12.1 Å². The number of hydrogen-bond acceptors (Lipinski definition) is 3. The highest BCUT2D eigenvalue weighted by Gasteiger charge is 2.36. The van der Waals surface area contributed by atoms with E-state index < -0.39 is 15.4 Å². The molecule has 0 saturated carbocycles. The second-order valence-electron chi connectivity index (χ2n) is 8.40. The summed E-state index contributed by atoms with van der Waals surface area (Å²) in [5.41, 5.74) is 1.73. The maximum atomic E-state index is 14.2. The summed E-state index contributed by atoms with van der Waals surface area (Å²) in [5, 5.41) is 0. The summed E-state index contributed by atoms with van der Waals surface area (Å²) in [7, 11) is -3.31. The topological polar surface area (TPSA) is 66.5 Å². The summed E-state index contributed by atoms with van der Waals surface area (Å²) in [4.78, 5) is 14.8. The van der Waals surface area contributed by atoms with Gasteiger partial charge in [0.05, 0.1) is 6.26 Å². The second-order valence-corrected chi connectivity index (χ2v) is 10.2. The van der Waals surface area contributed by atoms with Gasteiger partial charge in [-0.1, -0.05) is 50.2 Å². The lowest BCUT2D eigenvalue weighted by atomic mass is 9.83. The molecule has 7 heteroatoms. The van der Waals surface area contributed by atoms with E-state index in [-0.39, 0.29) is 17.8 Å². The summed E-state index contributed by atoms with van der Waals surface area (Å²) >= 11 is 0. The first-order valence-electron chi connectivity index (χ1n) is 9.65. The van der Waals surface area contributed by atoms with Gasteiger partial charge in [-0.3, -0.25) is 4.79 Å². The van der Waals surface area contributed by atoms with Gasteiger partial charge in [0, 0.05) is 24.5 Å². The summed E-state index contributed by atoms with van der Waals surface area (Å²) in [6, 6.07) is 14.2. The minimum absolute atomic E-state index is 0.0548. The molecule has 2 aromatic carbocycles. The molecule has 1 aliphatic heterocycles. The molecule has 1 fully saturated rings. The molecule has 1 saturated heterocycles. The Morgan fingerprint density at radius 1 is 1.17 bits per heavy atom. The first-order valence-corrected chi connectivity index (χ1v) is 11.5. The fraction of sp³-hybridized carbons (Fsp3) is 0.409. The van der Waals surface area contributed by atoms with E-state index >= 15 is 0 Å². The van der Waals surface area contributed by atoms with Gasteiger partial charge in [0.2, 0.25) is 15.9 Å². The molecule has 0 bridgehead atoms. The van der Waals surface area contributed by atoms with E-state index in [1.54, 1.807) is 4.90 Å². The summed E-state index contributed by atoms with van der Waals surface area (Å²) < 4.78 is 39.7. The Morgan fingerprint density at radius 3 is 2.52 bits per heavy atom. The van der Waals surface area contributed by atoms with Gasteiger partial charge >= 0.3 is 0 Å². The lowest BCUT2D eigenvalue weighted by Gasteiger charge is -2.29. The lowest BCUT2D eigenvalue weighted by molar-refractivity contribution is -0.139. The van der Waals surface area contributed by atoms with Crippen molar-refractivity contribution in [3.05, 3.63) is 59.9 Å². The van der Waals surface area contributed by atoms with Crippen molar-refractivity contribution >= 4 is 15.9 Å². The minimum atomic E-state index is -3.31. The van der Waals surface area contributed by atoms with Gasteiger partial charge in [-0.05, 0) is 41.7 Å². The average Bonchev–Trinajstić information content (AvgIpc) is 3.07. The Morgan fingerprint density at radius 2 is 1.86 bits per heavy atom. The molecule has 1 atom stereocenters. The molecule has 156 valence electrons. The third-order valence-corrected chi connectivity index (χ3v) is 5.91. The third kappa shape index (κ3) is 5.64. The number of amides is 1. The zero-order chi connectivity index (χ0) is 21.2. The molecule has 1 unspecified atom stereocenters. The lowest BCUT2D eigenvalue weighted by Crippen LogP contribution is -2.43. The van der Waals surface area contributed by atoms with Crippen molar-refractivity contribution in [3.63, 3.8) is 0 Å². The van der Waals surface area contributed by atoms with Gasteiger partial charge in [0.1, 0.15) is 5.82 Å². The van der Waals surface area contributed by atoms with Crippen LogP contribution < -0.4 is 4.72 Å². The zero-order valence-corrected chi connectivity index (χ0v) is 17.8. The molecule has 0 spiro atoms. The molecule has 5 nitrogen and oxygen atoms in total. The van der Waals surface area contributed by atoms with E-state index in [0.29, 0.717) is 25.9 Å². The van der Waals surface area contributed by atoms with Crippen molar-refractivity contribution in [3.8, 4) is 11.1 Å². The van der Waals surface area contributed by atoms with Crippen LogP contribution in [0, 0.1) is 11.2 Å². The highest BCUT2D eigenvalue weighted by molar-refractivity contribution is 7.88. The first-order chi connectivity index (χ1) is 13.5. The van der Waals surface area contributed by atoms with E-state index in [0.717, 1.165) is 22.9 Å². The van der Waals surface area contributed by atoms with Gasteiger partial charge in [-0.15, -0.1) is 0 Å². The zero-order valence-electron chi connectivity index (χ0n) is 17.0. The van der Waals surface area contributed by atoms with Gasteiger partial charge in [0.15, 0.2) is 0 Å².